The molecule has 0 spiro atoms. The Morgan fingerprint density at radius 2 is 2.06 bits per heavy atom. The van der Waals surface area contributed by atoms with E-state index in [4.69, 9.17) is 0 Å². The van der Waals surface area contributed by atoms with Crippen LogP contribution < -0.4 is 5.32 Å². The van der Waals surface area contributed by atoms with Crippen molar-refractivity contribution in [2.24, 2.45) is 0 Å². The van der Waals surface area contributed by atoms with Crippen molar-refractivity contribution in [3.63, 3.8) is 0 Å². The van der Waals surface area contributed by atoms with E-state index in [1.807, 2.05) is 6.08 Å². The quantitative estimate of drug-likeness (QED) is 0.754. The lowest BCUT2D eigenvalue weighted by atomic mass is 9.96. The molecule has 0 atom stereocenters. The third-order valence-electron chi connectivity index (χ3n) is 3.03. The minimum Gasteiger partial charge on any atom is -0.388 e. The Bertz CT molecular complexity index is 368. The molecule has 1 heteroatoms. The summed E-state index contributed by atoms with van der Waals surface area (Å²) in [6.45, 7) is 4.97. The van der Waals surface area contributed by atoms with Crippen LogP contribution in [0.25, 0.3) is 5.57 Å². The van der Waals surface area contributed by atoms with E-state index in [-0.39, 0.29) is 0 Å². The molecule has 1 N–H and O–H groups in total. The summed E-state index contributed by atoms with van der Waals surface area (Å²) < 4.78 is 0. The molecule has 1 fully saturated rings. The van der Waals surface area contributed by atoms with Gasteiger partial charge in [-0.25, -0.2) is 0 Å². The Balaban J connectivity index is 2.32. The van der Waals surface area contributed by atoms with Gasteiger partial charge in [-0.05, 0) is 36.8 Å². The molecule has 1 aromatic carbocycles. The molecule has 0 amide bonds. The second-order valence-corrected chi connectivity index (χ2v) is 4.20. The highest BCUT2D eigenvalue weighted by Gasteiger charge is 2.10. The van der Waals surface area contributed by atoms with Crippen LogP contribution in [-0.4, -0.2) is 6.54 Å². The zero-order valence-corrected chi connectivity index (χ0v) is 9.71. The first-order valence-electron chi connectivity index (χ1n) is 6.04. The second kappa shape index (κ2) is 5.55. The third kappa shape index (κ3) is 2.54. The molecule has 1 saturated heterocycles. The van der Waals surface area contributed by atoms with E-state index >= 15 is 0 Å². The minimum atomic E-state index is 0.951. The monoisotopic (exact) mass is 213 g/mol. The molecule has 0 aliphatic carbocycles. The number of benzene rings is 1. The molecular formula is C15H19N. The molecule has 1 aliphatic heterocycles. The first-order valence-corrected chi connectivity index (χ1v) is 6.04. The number of rotatable bonds is 3. The van der Waals surface area contributed by atoms with Gasteiger partial charge in [-0.3, -0.25) is 0 Å². The first-order chi connectivity index (χ1) is 7.92. The van der Waals surface area contributed by atoms with Crippen molar-refractivity contribution in [2.45, 2.75) is 25.7 Å². The number of allylic oxidation sites excluding steroid dienone is 3. The molecule has 0 unspecified atom stereocenters. The normalized spacial score (nSPS) is 18.8. The topological polar surface area (TPSA) is 12.0 Å². The molecule has 0 aromatic heterocycles. The lowest BCUT2D eigenvalue weighted by Crippen LogP contribution is -2.21. The van der Waals surface area contributed by atoms with E-state index in [0.29, 0.717) is 0 Å². The van der Waals surface area contributed by atoms with Gasteiger partial charge in [-0.2, -0.15) is 0 Å². The van der Waals surface area contributed by atoms with Crippen LogP contribution in [0.5, 0.6) is 0 Å². The highest BCUT2D eigenvalue weighted by atomic mass is 14.9. The predicted octanol–water partition coefficient (Wildman–Crippen LogP) is 3.75. The van der Waals surface area contributed by atoms with Crippen molar-refractivity contribution in [1.29, 1.82) is 0 Å². The maximum atomic E-state index is 3.86. The standard InChI is InChI=1S/C15H19N/c1-2-8-14(13-9-4-3-5-10-13)15-11-6-7-12-16-15/h2-5,9-10,16H,1,6-8,11-12H2. The van der Waals surface area contributed by atoms with Crippen molar-refractivity contribution in [3.05, 3.63) is 54.2 Å². The highest BCUT2D eigenvalue weighted by Crippen LogP contribution is 2.26. The van der Waals surface area contributed by atoms with Crippen molar-refractivity contribution >= 4 is 5.57 Å². The maximum Gasteiger partial charge on any atom is 0.0148 e. The molecule has 0 radical (unpaired) electrons. The first kappa shape index (κ1) is 11.0. The van der Waals surface area contributed by atoms with Gasteiger partial charge in [0.1, 0.15) is 0 Å². The van der Waals surface area contributed by atoms with Gasteiger partial charge in [0.25, 0.3) is 0 Å². The van der Waals surface area contributed by atoms with Gasteiger partial charge in [-0.15, -0.1) is 6.58 Å². The molecule has 84 valence electrons. The van der Waals surface area contributed by atoms with Crippen LogP contribution in [0.2, 0.25) is 0 Å². The smallest absolute Gasteiger partial charge is 0.0148 e. The average molecular weight is 213 g/mol. The number of hydrogen-bond acceptors (Lipinski definition) is 1. The van der Waals surface area contributed by atoms with Crippen LogP contribution in [-0.2, 0) is 0 Å². The predicted molar refractivity (Wildman–Crippen MR) is 70.0 cm³/mol. The van der Waals surface area contributed by atoms with Gasteiger partial charge in [0.2, 0.25) is 0 Å². The summed E-state index contributed by atoms with van der Waals surface area (Å²) in [4.78, 5) is 0. The zero-order chi connectivity index (χ0) is 11.2. The van der Waals surface area contributed by atoms with Crippen molar-refractivity contribution in [1.82, 2.24) is 5.32 Å². The second-order valence-electron chi connectivity index (χ2n) is 4.20. The molecule has 1 nitrogen and oxygen atoms in total. The number of piperidine rings is 1. The Morgan fingerprint density at radius 3 is 2.69 bits per heavy atom. The largest absolute Gasteiger partial charge is 0.388 e. The van der Waals surface area contributed by atoms with Gasteiger partial charge in [0.15, 0.2) is 0 Å². The van der Waals surface area contributed by atoms with Crippen LogP contribution >= 0.6 is 0 Å². The van der Waals surface area contributed by atoms with Crippen molar-refractivity contribution in [2.75, 3.05) is 6.54 Å². The average Bonchev–Trinajstić information content (AvgIpc) is 2.38. The summed E-state index contributed by atoms with van der Waals surface area (Å²) >= 11 is 0. The van der Waals surface area contributed by atoms with Crippen molar-refractivity contribution in [3.8, 4) is 0 Å². The van der Waals surface area contributed by atoms with Gasteiger partial charge in [-0.1, -0.05) is 36.4 Å². The summed E-state index contributed by atoms with van der Waals surface area (Å²) in [6, 6.07) is 10.6. The fourth-order valence-corrected chi connectivity index (χ4v) is 2.21. The SMILES string of the molecule is C=CCC(=C1CCCCN1)c1ccccc1. The molecule has 1 heterocycles. The molecule has 16 heavy (non-hydrogen) atoms. The molecule has 1 aromatic rings. The molecule has 1 aliphatic rings. The molecule has 2 rings (SSSR count). The van der Waals surface area contributed by atoms with E-state index in [1.54, 1.807) is 0 Å². The minimum absolute atomic E-state index is 0.951. The van der Waals surface area contributed by atoms with Crippen LogP contribution in [0.15, 0.2) is 48.7 Å². The fraction of sp³-hybridized carbons (Fsp3) is 0.333. The van der Waals surface area contributed by atoms with E-state index in [1.165, 1.54) is 36.1 Å². The summed E-state index contributed by atoms with van der Waals surface area (Å²) in [5.41, 5.74) is 4.15. The van der Waals surface area contributed by atoms with Gasteiger partial charge >= 0.3 is 0 Å². The fourth-order valence-electron chi connectivity index (χ4n) is 2.21. The van der Waals surface area contributed by atoms with Gasteiger partial charge in [0.05, 0.1) is 0 Å². The Kier molecular flexibility index (Phi) is 3.81. The Labute approximate surface area is 97.9 Å². The van der Waals surface area contributed by atoms with Gasteiger partial charge < -0.3 is 5.32 Å². The Hall–Kier alpha value is -1.50. The lowest BCUT2D eigenvalue weighted by Gasteiger charge is -2.21. The van der Waals surface area contributed by atoms with E-state index < -0.39 is 0 Å². The molecular weight excluding hydrogens is 194 g/mol. The lowest BCUT2D eigenvalue weighted by molar-refractivity contribution is 0.589. The van der Waals surface area contributed by atoms with E-state index in [9.17, 15) is 0 Å². The maximum absolute atomic E-state index is 3.86. The van der Waals surface area contributed by atoms with Crippen LogP contribution in [0.1, 0.15) is 31.2 Å². The summed E-state index contributed by atoms with van der Waals surface area (Å²) in [5.74, 6) is 0. The van der Waals surface area contributed by atoms with E-state index in [2.05, 4.69) is 42.2 Å². The number of nitrogens with one attached hydrogen (secondary N) is 1. The van der Waals surface area contributed by atoms with Crippen LogP contribution in [0, 0.1) is 0 Å². The number of hydrogen-bond donors (Lipinski definition) is 1. The zero-order valence-electron chi connectivity index (χ0n) is 9.71. The summed E-state index contributed by atoms with van der Waals surface area (Å²) in [6.07, 6.45) is 6.71. The van der Waals surface area contributed by atoms with Crippen LogP contribution in [0.4, 0.5) is 0 Å². The van der Waals surface area contributed by atoms with Gasteiger partial charge in [0, 0.05) is 12.2 Å². The molecule has 0 bridgehead atoms. The highest BCUT2D eigenvalue weighted by molar-refractivity contribution is 5.69. The third-order valence-corrected chi connectivity index (χ3v) is 3.03. The Morgan fingerprint density at radius 1 is 1.25 bits per heavy atom. The van der Waals surface area contributed by atoms with E-state index in [0.717, 1.165) is 13.0 Å². The molecule has 0 saturated carbocycles. The summed E-state index contributed by atoms with van der Waals surface area (Å²) in [7, 11) is 0. The van der Waals surface area contributed by atoms with Crippen LogP contribution in [0.3, 0.4) is 0 Å². The summed E-state index contributed by atoms with van der Waals surface area (Å²) in [5, 5.41) is 3.53. The van der Waals surface area contributed by atoms with Crippen molar-refractivity contribution < 1.29 is 0 Å².